The zero-order valence-corrected chi connectivity index (χ0v) is 15.1. The Hall–Kier alpha value is -2.49. The number of hydrogen-bond donors (Lipinski definition) is 2. The molecule has 0 spiro atoms. The van der Waals surface area contributed by atoms with Gasteiger partial charge in [0.05, 0.1) is 13.7 Å². The Morgan fingerprint density at radius 3 is 2.44 bits per heavy atom. The van der Waals surface area contributed by atoms with Crippen molar-refractivity contribution in [1.29, 1.82) is 0 Å². The average molecular weight is 337 g/mol. The second-order valence-electron chi connectivity index (χ2n) is 6.51. The van der Waals surface area contributed by atoms with E-state index in [9.17, 15) is 0 Å². The maximum Gasteiger partial charge on any atom is 0.191 e. The van der Waals surface area contributed by atoms with Gasteiger partial charge in [0.1, 0.15) is 5.75 Å². The minimum atomic E-state index is 0.162. The topological polar surface area (TPSA) is 45.7 Å². The molecule has 0 aromatic heterocycles. The lowest BCUT2D eigenvalue weighted by molar-refractivity contribution is 0.403. The second-order valence-corrected chi connectivity index (χ2v) is 6.51. The van der Waals surface area contributed by atoms with Crippen molar-refractivity contribution in [3.8, 4) is 5.75 Å². The van der Waals surface area contributed by atoms with Crippen LogP contribution in [-0.2, 0) is 12.0 Å². The molecule has 25 heavy (non-hydrogen) atoms. The van der Waals surface area contributed by atoms with Gasteiger partial charge in [-0.05, 0) is 31.4 Å². The second kappa shape index (κ2) is 8.06. The highest BCUT2D eigenvalue weighted by atomic mass is 16.5. The van der Waals surface area contributed by atoms with Crippen LogP contribution in [0.25, 0.3) is 0 Å². The third-order valence-corrected chi connectivity index (χ3v) is 4.73. The Bertz CT molecular complexity index is 708. The van der Waals surface area contributed by atoms with E-state index in [1.54, 1.807) is 7.11 Å². The molecule has 0 aliphatic heterocycles. The number of nitrogens with zero attached hydrogens (tertiary/aromatic N) is 1. The van der Waals surface area contributed by atoms with Crippen LogP contribution in [0.5, 0.6) is 5.75 Å². The van der Waals surface area contributed by atoms with Crippen molar-refractivity contribution < 1.29 is 4.74 Å². The smallest absolute Gasteiger partial charge is 0.191 e. The minimum Gasteiger partial charge on any atom is -0.496 e. The molecule has 0 amide bonds. The van der Waals surface area contributed by atoms with Crippen molar-refractivity contribution in [3.05, 3.63) is 65.7 Å². The lowest BCUT2D eigenvalue weighted by atomic mass is 9.95. The summed E-state index contributed by atoms with van der Waals surface area (Å²) in [6.45, 7) is 4.49. The van der Waals surface area contributed by atoms with E-state index >= 15 is 0 Å². The SMILES string of the molecule is CCNC(=NCc1ccccc1)NCC1(c2ccccc2OC)CC1. The number of aliphatic imine (C=N–C) groups is 1. The summed E-state index contributed by atoms with van der Waals surface area (Å²) in [5.74, 6) is 1.85. The predicted octanol–water partition coefficient (Wildman–Crippen LogP) is 3.48. The molecule has 0 bridgehead atoms. The standard InChI is InChI=1S/C21H27N3O/c1-3-22-20(23-15-17-9-5-4-6-10-17)24-16-21(13-14-21)18-11-7-8-12-19(18)25-2/h4-12H,3,13-16H2,1-2H3,(H2,22,23,24). The number of guanidine groups is 1. The summed E-state index contributed by atoms with van der Waals surface area (Å²) in [4.78, 5) is 4.71. The van der Waals surface area contributed by atoms with Gasteiger partial charge in [-0.15, -0.1) is 0 Å². The Morgan fingerprint density at radius 2 is 1.76 bits per heavy atom. The fourth-order valence-corrected chi connectivity index (χ4v) is 3.12. The van der Waals surface area contributed by atoms with E-state index in [0.717, 1.165) is 24.8 Å². The Labute approximate surface area is 150 Å². The normalized spacial score (nSPS) is 15.5. The van der Waals surface area contributed by atoms with Gasteiger partial charge >= 0.3 is 0 Å². The maximum absolute atomic E-state index is 5.56. The third kappa shape index (κ3) is 4.32. The third-order valence-electron chi connectivity index (χ3n) is 4.73. The molecule has 1 saturated carbocycles. The molecule has 0 saturated heterocycles. The van der Waals surface area contributed by atoms with E-state index in [1.165, 1.54) is 24.0 Å². The van der Waals surface area contributed by atoms with Crippen LogP contribution < -0.4 is 15.4 Å². The van der Waals surface area contributed by atoms with E-state index in [1.807, 2.05) is 30.3 Å². The fraction of sp³-hybridized carbons (Fsp3) is 0.381. The predicted molar refractivity (Wildman–Crippen MR) is 103 cm³/mol. The number of benzene rings is 2. The number of hydrogen-bond acceptors (Lipinski definition) is 2. The van der Waals surface area contributed by atoms with Gasteiger partial charge in [0.15, 0.2) is 5.96 Å². The lowest BCUT2D eigenvalue weighted by Crippen LogP contribution is -2.41. The summed E-state index contributed by atoms with van der Waals surface area (Å²) in [5.41, 5.74) is 2.67. The number of ether oxygens (including phenoxy) is 1. The lowest BCUT2D eigenvalue weighted by Gasteiger charge is -2.21. The van der Waals surface area contributed by atoms with Crippen molar-refractivity contribution in [2.45, 2.75) is 31.7 Å². The Kier molecular flexibility index (Phi) is 5.59. The van der Waals surface area contributed by atoms with Gasteiger partial charge in [0.25, 0.3) is 0 Å². The summed E-state index contributed by atoms with van der Waals surface area (Å²) in [6, 6.07) is 18.7. The van der Waals surface area contributed by atoms with Crippen LogP contribution in [0.1, 0.15) is 30.9 Å². The zero-order chi connectivity index (χ0) is 17.5. The molecular weight excluding hydrogens is 310 g/mol. The molecule has 4 heteroatoms. The molecule has 2 N–H and O–H groups in total. The monoisotopic (exact) mass is 337 g/mol. The Balaban J connectivity index is 1.67. The molecule has 4 nitrogen and oxygen atoms in total. The Morgan fingerprint density at radius 1 is 1.04 bits per heavy atom. The molecule has 1 aliphatic carbocycles. The van der Waals surface area contributed by atoms with E-state index in [0.29, 0.717) is 6.54 Å². The first-order valence-corrected chi connectivity index (χ1v) is 8.97. The van der Waals surface area contributed by atoms with Crippen LogP contribution >= 0.6 is 0 Å². The van der Waals surface area contributed by atoms with Crippen LogP contribution in [-0.4, -0.2) is 26.2 Å². The first-order valence-electron chi connectivity index (χ1n) is 8.97. The molecule has 0 atom stereocenters. The van der Waals surface area contributed by atoms with Gasteiger partial charge in [-0.2, -0.15) is 0 Å². The molecule has 3 rings (SSSR count). The van der Waals surface area contributed by atoms with E-state index in [2.05, 4.69) is 41.8 Å². The molecule has 1 aliphatic rings. The minimum absolute atomic E-state index is 0.162. The van der Waals surface area contributed by atoms with Gasteiger partial charge < -0.3 is 15.4 Å². The molecule has 1 fully saturated rings. The van der Waals surface area contributed by atoms with Crippen LogP contribution in [0.3, 0.4) is 0 Å². The average Bonchev–Trinajstić information content (AvgIpc) is 3.46. The number of nitrogens with one attached hydrogen (secondary N) is 2. The highest BCUT2D eigenvalue weighted by Gasteiger charge is 2.46. The first-order chi connectivity index (χ1) is 12.3. The molecule has 2 aromatic rings. The fourth-order valence-electron chi connectivity index (χ4n) is 3.12. The molecule has 2 aromatic carbocycles. The van der Waals surface area contributed by atoms with Gasteiger partial charge in [0.2, 0.25) is 0 Å². The number of para-hydroxylation sites is 1. The highest BCUT2D eigenvalue weighted by Crippen LogP contribution is 2.50. The summed E-state index contributed by atoms with van der Waals surface area (Å²) in [7, 11) is 1.74. The molecule has 0 radical (unpaired) electrons. The quantitative estimate of drug-likeness (QED) is 0.600. The van der Waals surface area contributed by atoms with Crippen molar-refractivity contribution >= 4 is 5.96 Å². The van der Waals surface area contributed by atoms with E-state index in [4.69, 9.17) is 9.73 Å². The summed E-state index contributed by atoms with van der Waals surface area (Å²) in [6.07, 6.45) is 2.36. The molecule has 0 unspecified atom stereocenters. The van der Waals surface area contributed by atoms with E-state index in [-0.39, 0.29) is 5.41 Å². The largest absolute Gasteiger partial charge is 0.496 e. The van der Waals surface area contributed by atoms with Crippen molar-refractivity contribution in [1.82, 2.24) is 10.6 Å². The van der Waals surface area contributed by atoms with Crippen LogP contribution in [0.4, 0.5) is 0 Å². The number of rotatable bonds is 7. The van der Waals surface area contributed by atoms with E-state index < -0.39 is 0 Å². The van der Waals surface area contributed by atoms with Crippen molar-refractivity contribution in [3.63, 3.8) is 0 Å². The maximum atomic E-state index is 5.56. The molecule has 0 heterocycles. The van der Waals surface area contributed by atoms with Crippen molar-refractivity contribution in [2.75, 3.05) is 20.2 Å². The zero-order valence-electron chi connectivity index (χ0n) is 15.1. The highest BCUT2D eigenvalue weighted by molar-refractivity contribution is 5.80. The summed E-state index contributed by atoms with van der Waals surface area (Å²) in [5, 5.41) is 6.87. The van der Waals surface area contributed by atoms with Gasteiger partial charge in [-0.25, -0.2) is 4.99 Å². The number of methoxy groups -OCH3 is 1. The molecular formula is C21H27N3O. The van der Waals surface area contributed by atoms with Crippen molar-refractivity contribution in [2.24, 2.45) is 4.99 Å². The van der Waals surface area contributed by atoms with Crippen LogP contribution in [0, 0.1) is 0 Å². The van der Waals surface area contributed by atoms with Gasteiger partial charge in [0, 0.05) is 24.1 Å². The summed E-state index contributed by atoms with van der Waals surface area (Å²) >= 11 is 0. The van der Waals surface area contributed by atoms with Crippen LogP contribution in [0.15, 0.2) is 59.6 Å². The van der Waals surface area contributed by atoms with Gasteiger partial charge in [-0.1, -0.05) is 48.5 Å². The summed E-state index contributed by atoms with van der Waals surface area (Å²) < 4.78 is 5.56. The molecule has 132 valence electrons. The first kappa shape index (κ1) is 17.3. The van der Waals surface area contributed by atoms with Crippen LogP contribution in [0.2, 0.25) is 0 Å². The van der Waals surface area contributed by atoms with Gasteiger partial charge in [-0.3, -0.25) is 0 Å².